The molecule has 4 rings (SSSR count). The van der Waals surface area contributed by atoms with Crippen LogP contribution in [-0.2, 0) is 10.5 Å². The van der Waals surface area contributed by atoms with E-state index in [-0.39, 0.29) is 5.91 Å². The van der Waals surface area contributed by atoms with Crippen molar-refractivity contribution in [1.82, 2.24) is 9.88 Å². The Labute approximate surface area is 197 Å². The summed E-state index contributed by atoms with van der Waals surface area (Å²) in [7, 11) is 3.33. The second kappa shape index (κ2) is 10.9. The second-order valence-electron chi connectivity index (χ2n) is 7.65. The highest BCUT2D eigenvalue weighted by Gasteiger charge is 2.24. The van der Waals surface area contributed by atoms with Crippen LogP contribution in [0, 0.1) is 0 Å². The summed E-state index contributed by atoms with van der Waals surface area (Å²) in [6.45, 7) is 3.05. The lowest BCUT2D eigenvalue weighted by molar-refractivity contribution is -0.131. The number of piperazine rings is 1. The molecule has 170 valence electrons. The maximum Gasteiger partial charge on any atom is 0.222 e. The summed E-state index contributed by atoms with van der Waals surface area (Å²) in [5.41, 5.74) is 2.17. The van der Waals surface area contributed by atoms with Gasteiger partial charge in [0.1, 0.15) is 21.7 Å². The van der Waals surface area contributed by atoms with Crippen molar-refractivity contribution in [3.63, 3.8) is 0 Å². The van der Waals surface area contributed by atoms with Crippen LogP contribution in [0.5, 0.6) is 11.5 Å². The first kappa shape index (κ1) is 22.7. The van der Waals surface area contributed by atoms with Crippen LogP contribution in [0.3, 0.4) is 0 Å². The molecule has 2 aromatic carbocycles. The van der Waals surface area contributed by atoms with Crippen LogP contribution in [0.15, 0.2) is 42.5 Å². The molecular weight excluding hydrogens is 442 g/mol. The molecule has 2 heterocycles. The van der Waals surface area contributed by atoms with E-state index in [0.717, 1.165) is 71.0 Å². The predicted octanol–water partition coefficient (Wildman–Crippen LogP) is 4.68. The van der Waals surface area contributed by atoms with Gasteiger partial charge in [-0.05, 0) is 29.9 Å². The number of methoxy groups -OCH3 is 2. The van der Waals surface area contributed by atoms with E-state index in [4.69, 9.17) is 14.5 Å². The Bertz CT molecular complexity index is 993. The average molecular weight is 472 g/mol. The van der Waals surface area contributed by atoms with Gasteiger partial charge < -0.3 is 19.3 Å². The fourth-order valence-corrected chi connectivity index (χ4v) is 5.85. The van der Waals surface area contributed by atoms with Gasteiger partial charge in [0, 0.05) is 38.4 Å². The zero-order valence-corrected chi connectivity index (χ0v) is 20.2. The normalized spacial score (nSPS) is 14.1. The minimum atomic E-state index is 0.262. The fourth-order valence-electron chi connectivity index (χ4n) is 3.80. The molecule has 0 radical (unpaired) electrons. The molecule has 1 aromatic heterocycles. The van der Waals surface area contributed by atoms with E-state index in [9.17, 15) is 4.79 Å². The average Bonchev–Trinajstić information content (AvgIpc) is 3.29. The first-order valence-electron chi connectivity index (χ1n) is 10.9. The highest BCUT2D eigenvalue weighted by atomic mass is 32.2. The van der Waals surface area contributed by atoms with Gasteiger partial charge in [-0.2, -0.15) is 11.8 Å². The number of thiazole rings is 1. The maximum atomic E-state index is 12.6. The number of hydrogen-bond acceptors (Lipinski definition) is 7. The summed E-state index contributed by atoms with van der Waals surface area (Å²) in [6.07, 6.45) is 1.55. The Hall–Kier alpha value is -2.45. The topological polar surface area (TPSA) is 54.9 Å². The minimum absolute atomic E-state index is 0.262. The van der Waals surface area contributed by atoms with Gasteiger partial charge in [-0.25, -0.2) is 4.98 Å². The number of hydrogen-bond donors (Lipinski definition) is 0. The highest BCUT2D eigenvalue weighted by molar-refractivity contribution is 7.98. The Kier molecular flexibility index (Phi) is 7.76. The molecule has 3 aromatic rings. The van der Waals surface area contributed by atoms with E-state index in [1.165, 1.54) is 5.56 Å². The zero-order valence-electron chi connectivity index (χ0n) is 18.6. The number of rotatable bonds is 9. The van der Waals surface area contributed by atoms with E-state index in [1.54, 1.807) is 25.6 Å². The molecule has 0 spiro atoms. The fraction of sp³-hybridized carbons (Fsp3) is 0.417. The first-order chi connectivity index (χ1) is 15.7. The molecule has 1 fully saturated rings. The van der Waals surface area contributed by atoms with Gasteiger partial charge in [0.25, 0.3) is 0 Å². The summed E-state index contributed by atoms with van der Waals surface area (Å²) in [5, 5.41) is 0.951. The molecule has 0 bridgehead atoms. The number of benzene rings is 2. The van der Waals surface area contributed by atoms with Gasteiger partial charge >= 0.3 is 0 Å². The summed E-state index contributed by atoms with van der Waals surface area (Å²) in [4.78, 5) is 21.7. The van der Waals surface area contributed by atoms with Gasteiger partial charge in [-0.1, -0.05) is 41.7 Å². The number of carbonyl (C=O) groups excluding carboxylic acids is 1. The van der Waals surface area contributed by atoms with Crippen molar-refractivity contribution in [2.75, 3.05) is 51.1 Å². The summed E-state index contributed by atoms with van der Waals surface area (Å²) in [5.74, 6) is 3.84. The van der Waals surface area contributed by atoms with Gasteiger partial charge in [0.2, 0.25) is 5.91 Å². The summed E-state index contributed by atoms with van der Waals surface area (Å²) >= 11 is 3.51. The Morgan fingerprint density at radius 2 is 1.75 bits per heavy atom. The quantitative estimate of drug-likeness (QED) is 0.423. The van der Waals surface area contributed by atoms with Crippen LogP contribution in [0.1, 0.15) is 18.4 Å². The van der Waals surface area contributed by atoms with E-state index < -0.39 is 0 Å². The molecule has 1 amide bonds. The van der Waals surface area contributed by atoms with Gasteiger partial charge in [-0.3, -0.25) is 4.79 Å². The molecule has 0 atom stereocenters. The largest absolute Gasteiger partial charge is 0.495 e. The predicted molar refractivity (Wildman–Crippen MR) is 133 cm³/mol. The number of ether oxygens (including phenoxy) is 2. The number of amides is 1. The summed E-state index contributed by atoms with van der Waals surface area (Å²) < 4.78 is 12.0. The van der Waals surface area contributed by atoms with Crippen molar-refractivity contribution in [3.8, 4) is 11.5 Å². The lowest BCUT2D eigenvalue weighted by atomic mass is 10.2. The Morgan fingerprint density at radius 1 is 1.03 bits per heavy atom. The van der Waals surface area contributed by atoms with Crippen molar-refractivity contribution in [2.45, 2.75) is 18.6 Å². The third-order valence-electron chi connectivity index (χ3n) is 5.59. The first-order valence-corrected chi connectivity index (χ1v) is 12.8. The molecule has 1 aliphatic heterocycles. The molecule has 32 heavy (non-hydrogen) atoms. The number of nitrogens with zero attached hydrogens (tertiary/aromatic N) is 3. The van der Waals surface area contributed by atoms with E-state index in [0.29, 0.717) is 6.42 Å². The lowest BCUT2D eigenvalue weighted by Gasteiger charge is -2.34. The standard InChI is InChI=1S/C24H29N3O3S2/c1-29-19-10-11-20(30-2)23-22(19)25-24(32-23)27-14-12-26(13-15-27)21(28)9-6-16-31-17-18-7-4-3-5-8-18/h3-5,7-8,10-11H,6,9,12-17H2,1-2H3. The monoisotopic (exact) mass is 471 g/mol. The van der Waals surface area contributed by atoms with Gasteiger partial charge in [0.15, 0.2) is 5.13 Å². The molecule has 1 saturated heterocycles. The maximum absolute atomic E-state index is 12.6. The molecule has 0 saturated carbocycles. The van der Waals surface area contributed by atoms with E-state index >= 15 is 0 Å². The number of carbonyl (C=O) groups is 1. The summed E-state index contributed by atoms with van der Waals surface area (Å²) in [6, 6.07) is 14.3. The van der Waals surface area contributed by atoms with Crippen LogP contribution in [-0.4, -0.2) is 61.9 Å². The molecule has 8 heteroatoms. The van der Waals surface area contributed by atoms with Crippen LogP contribution >= 0.6 is 23.1 Å². The van der Waals surface area contributed by atoms with Gasteiger partial charge in [0.05, 0.1) is 14.2 Å². The van der Waals surface area contributed by atoms with E-state index in [1.807, 2.05) is 34.9 Å². The number of aromatic nitrogens is 1. The molecule has 0 aliphatic carbocycles. The highest BCUT2D eigenvalue weighted by Crippen LogP contribution is 2.40. The van der Waals surface area contributed by atoms with E-state index in [2.05, 4.69) is 29.2 Å². The molecular formula is C24H29N3O3S2. The molecule has 1 aliphatic rings. The van der Waals surface area contributed by atoms with Crippen molar-refractivity contribution < 1.29 is 14.3 Å². The van der Waals surface area contributed by atoms with Crippen molar-refractivity contribution in [1.29, 1.82) is 0 Å². The zero-order chi connectivity index (χ0) is 22.3. The van der Waals surface area contributed by atoms with Crippen molar-refractivity contribution >= 4 is 44.4 Å². The Morgan fingerprint density at radius 3 is 2.47 bits per heavy atom. The van der Waals surface area contributed by atoms with Crippen molar-refractivity contribution in [2.24, 2.45) is 0 Å². The van der Waals surface area contributed by atoms with Crippen molar-refractivity contribution in [3.05, 3.63) is 48.0 Å². The van der Waals surface area contributed by atoms with Crippen LogP contribution in [0.2, 0.25) is 0 Å². The molecule has 6 nitrogen and oxygen atoms in total. The number of thioether (sulfide) groups is 1. The smallest absolute Gasteiger partial charge is 0.222 e. The second-order valence-corrected chi connectivity index (χ2v) is 9.74. The minimum Gasteiger partial charge on any atom is -0.495 e. The number of anilines is 1. The van der Waals surface area contributed by atoms with Crippen LogP contribution in [0.25, 0.3) is 10.2 Å². The van der Waals surface area contributed by atoms with Gasteiger partial charge in [-0.15, -0.1) is 0 Å². The SMILES string of the molecule is COc1ccc(OC)c2sc(N3CCN(C(=O)CCCSCc4ccccc4)CC3)nc12. The third kappa shape index (κ3) is 5.30. The molecule has 0 unspecified atom stereocenters. The van der Waals surface area contributed by atoms with Crippen LogP contribution < -0.4 is 14.4 Å². The number of fused-ring (bicyclic) bond motifs is 1. The molecule has 0 N–H and O–H groups in total. The Balaban J connectivity index is 1.25. The van der Waals surface area contributed by atoms with Crippen LogP contribution in [0.4, 0.5) is 5.13 Å². The lowest BCUT2D eigenvalue weighted by Crippen LogP contribution is -2.48. The third-order valence-corrected chi connectivity index (χ3v) is 7.84.